The molecule has 33 heavy (non-hydrogen) atoms. The van der Waals surface area contributed by atoms with Crippen LogP contribution in [0.2, 0.25) is 0 Å². The van der Waals surface area contributed by atoms with Crippen LogP contribution in [0.4, 0.5) is 11.8 Å². The van der Waals surface area contributed by atoms with Crippen LogP contribution in [0.5, 0.6) is 0 Å². The number of carboxylic acids is 1. The zero-order valence-corrected chi connectivity index (χ0v) is 18.7. The number of aryl methyl sites for hydroxylation is 3. The average molecular weight is 448 g/mol. The molecule has 5 rings (SSSR count). The molecule has 2 aliphatic rings. The van der Waals surface area contributed by atoms with Crippen molar-refractivity contribution in [3.05, 3.63) is 59.3 Å². The number of pyridine rings is 1. The Labute approximate surface area is 192 Å². The molecular weight excluding hydrogens is 418 g/mol. The first-order chi connectivity index (χ1) is 16.2. The van der Waals surface area contributed by atoms with Gasteiger partial charge in [-0.25, -0.2) is 15.0 Å². The highest BCUT2D eigenvalue weighted by Gasteiger charge is 2.23. The van der Waals surface area contributed by atoms with Gasteiger partial charge in [0.25, 0.3) is 0 Å². The Morgan fingerprint density at radius 3 is 2.73 bits per heavy atom. The van der Waals surface area contributed by atoms with Crippen LogP contribution in [0.15, 0.2) is 36.8 Å². The Kier molecular flexibility index (Phi) is 6.19. The largest absolute Gasteiger partial charge is 0.481 e. The number of nitrogens with one attached hydrogen (secondary N) is 1. The van der Waals surface area contributed by atoms with E-state index < -0.39 is 12.0 Å². The average Bonchev–Trinajstić information content (AvgIpc) is 3.25. The molecule has 1 unspecified atom stereocenters. The van der Waals surface area contributed by atoms with Gasteiger partial charge >= 0.3 is 5.97 Å². The maximum Gasteiger partial charge on any atom is 0.305 e. The van der Waals surface area contributed by atoms with Gasteiger partial charge in [0, 0.05) is 55.2 Å². The van der Waals surface area contributed by atoms with Gasteiger partial charge in [-0.2, -0.15) is 5.10 Å². The van der Waals surface area contributed by atoms with E-state index in [1.807, 2.05) is 10.7 Å². The van der Waals surface area contributed by atoms with Crippen LogP contribution in [0, 0.1) is 0 Å². The van der Waals surface area contributed by atoms with Crippen molar-refractivity contribution in [3.63, 3.8) is 0 Å². The van der Waals surface area contributed by atoms with Crippen LogP contribution in [0.25, 0.3) is 0 Å². The summed E-state index contributed by atoms with van der Waals surface area (Å²) >= 11 is 0. The van der Waals surface area contributed by atoms with E-state index in [-0.39, 0.29) is 6.42 Å². The smallest absolute Gasteiger partial charge is 0.305 e. The summed E-state index contributed by atoms with van der Waals surface area (Å²) in [5.41, 5.74) is 4.13. The molecule has 1 saturated heterocycles. The summed E-state index contributed by atoms with van der Waals surface area (Å²) in [6.45, 7) is 2.92. The van der Waals surface area contributed by atoms with Gasteiger partial charge in [0.1, 0.15) is 5.82 Å². The normalized spacial score (nSPS) is 15.9. The van der Waals surface area contributed by atoms with Crippen LogP contribution >= 0.6 is 0 Å². The van der Waals surface area contributed by atoms with Crippen molar-refractivity contribution in [3.8, 4) is 0 Å². The summed E-state index contributed by atoms with van der Waals surface area (Å²) in [6.07, 6.45) is 11.1. The van der Waals surface area contributed by atoms with E-state index in [1.54, 1.807) is 18.6 Å². The Morgan fingerprint density at radius 2 is 1.97 bits per heavy atom. The molecule has 3 aromatic rings. The van der Waals surface area contributed by atoms with Crippen LogP contribution in [0.3, 0.4) is 0 Å². The van der Waals surface area contributed by atoms with Crippen molar-refractivity contribution in [1.82, 2.24) is 24.7 Å². The highest BCUT2D eigenvalue weighted by Crippen LogP contribution is 2.25. The number of carboxylic acid groups (broad SMARTS) is 1. The lowest BCUT2D eigenvalue weighted by Crippen LogP contribution is -2.38. The molecule has 1 fully saturated rings. The van der Waals surface area contributed by atoms with E-state index in [4.69, 9.17) is 4.98 Å². The third-order valence-corrected chi connectivity index (χ3v) is 6.41. The zero-order valence-electron chi connectivity index (χ0n) is 18.7. The number of aromatic nitrogens is 5. The van der Waals surface area contributed by atoms with Crippen LogP contribution < -0.4 is 10.2 Å². The third-order valence-electron chi connectivity index (χ3n) is 6.41. The molecule has 0 aromatic carbocycles. The fourth-order valence-corrected chi connectivity index (χ4v) is 4.47. The fourth-order valence-electron chi connectivity index (χ4n) is 4.47. The molecule has 2 N–H and O–H groups in total. The lowest BCUT2D eigenvalue weighted by Gasteiger charge is -2.30. The van der Waals surface area contributed by atoms with Gasteiger partial charge in [-0.15, -0.1) is 0 Å². The molecule has 2 aliphatic heterocycles. The van der Waals surface area contributed by atoms with E-state index in [1.165, 1.54) is 5.56 Å². The van der Waals surface area contributed by atoms with Crippen molar-refractivity contribution < 1.29 is 9.90 Å². The third kappa shape index (κ3) is 4.81. The minimum atomic E-state index is -0.876. The molecule has 9 heteroatoms. The topological polar surface area (TPSA) is 109 Å². The van der Waals surface area contributed by atoms with Crippen molar-refractivity contribution in [1.29, 1.82) is 0 Å². The second-order valence-electron chi connectivity index (χ2n) is 8.73. The number of fused-ring (bicyclic) bond motifs is 1. The Bertz CT molecular complexity index is 1110. The summed E-state index contributed by atoms with van der Waals surface area (Å²) in [5.74, 6) is 0.845. The number of nitrogens with zero attached hydrogens (tertiary/aromatic N) is 6. The van der Waals surface area contributed by atoms with Crippen LogP contribution in [0.1, 0.15) is 54.2 Å². The molecule has 172 valence electrons. The molecule has 0 radical (unpaired) electrons. The van der Waals surface area contributed by atoms with Gasteiger partial charge in [-0.1, -0.05) is 6.07 Å². The number of hydrogen-bond donors (Lipinski definition) is 2. The van der Waals surface area contributed by atoms with Crippen molar-refractivity contribution in [2.45, 2.75) is 51.0 Å². The number of hydrogen-bond acceptors (Lipinski definition) is 7. The van der Waals surface area contributed by atoms with Gasteiger partial charge in [0.2, 0.25) is 5.95 Å². The molecule has 9 nitrogen and oxygen atoms in total. The van der Waals surface area contributed by atoms with Gasteiger partial charge in [0.15, 0.2) is 0 Å². The van der Waals surface area contributed by atoms with Crippen molar-refractivity contribution in [2.75, 3.05) is 29.9 Å². The van der Waals surface area contributed by atoms with E-state index in [0.29, 0.717) is 5.95 Å². The summed E-state index contributed by atoms with van der Waals surface area (Å²) in [5, 5.41) is 17.4. The van der Waals surface area contributed by atoms with Gasteiger partial charge < -0.3 is 15.3 Å². The molecule has 1 atom stereocenters. The summed E-state index contributed by atoms with van der Waals surface area (Å²) in [6, 6.07) is 5.82. The number of carbonyl (C=O) groups is 1. The van der Waals surface area contributed by atoms with Gasteiger partial charge in [0.05, 0.1) is 12.5 Å². The van der Waals surface area contributed by atoms with E-state index >= 15 is 0 Å². The molecule has 3 aromatic heterocycles. The predicted molar refractivity (Wildman–Crippen MR) is 125 cm³/mol. The summed E-state index contributed by atoms with van der Waals surface area (Å²) < 4.78 is 1.82. The maximum atomic E-state index is 11.6. The van der Waals surface area contributed by atoms with Gasteiger partial charge in [-0.05, 0) is 56.2 Å². The Hall–Kier alpha value is -3.49. The standard InChI is InChI=1S/C24H29N7O2/c32-22(33)14-21(18-15-26-24(27-16-18)30-12-3-13-30)31-20(9-11-28-31)6-1-5-19-8-7-17-4-2-10-25-23(17)29-19/h7-9,11,15-16,21H,1-6,10,12-14H2,(H,25,29)(H,32,33). The van der Waals surface area contributed by atoms with Crippen LogP contribution in [-0.2, 0) is 24.1 Å². The van der Waals surface area contributed by atoms with Crippen LogP contribution in [-0.4, -0.2) is 55.4 Å². The maximum absolute atomic E-state index is 11.6. The summed E-state index contributed by atoms with van der Waals surface area (Å²) in [4.78, 5) is 27.5. The fraction of sp³-hybridized carbons (Fsp3) is 0.458. The molecule has 0 saturated carbocycles. The molecule has 0 spiro atoms. The second-order valence-corrected chi connectivity index (χ2v) is 8.73. The zero-order chi connectivity index (χ0) is 22.6. The monoisotopic (exact) mass is 447 g/mol. The lowest BCUT2D eigenvalue weighted by molar-refractivity contribution is -0.137. The Morgan fingerprint density at radius 1 is 1.12 bits per heavy atom. The first kappa shape index (κ1) is 21.4. The SMILES string of the molecule is O=C(O)CC(c1cnc(N2CCC2)nc1)n1nccc1CCCc1ccc2c(n1)NCCC2. The van der Waals surface area contributed by atoms with E-state index in [2.05, 4.69) is 37.4 Å². The number of aliphatic carboxylic acids is 1. The highest BCUT2D eigenvalue weighted by molar-refractivity contribution is 5.68. The molecule has 0 amide bonds. The second kappa shape index (κ2) is 9.56. The molecular formula is C24H29N7O2. The van der Waals surface area contributed by atoms with E-state index in [9.17, 15) is 9.90 Å². The van der Waals surface area contributed by atoms with E-state index in [0.717, 1.165) is 80.9 Å². The first-order valence-corrected chi connectivity index (χ1v) is 11.7. The molecule has 0 bridgehead atoms. The predicted octanol–water partition coefficient (Wildman–Crippen LogP) is 2.88. The van der Waals surface area contributed by atoms with Crippen molar-refractivity contribution >= 4 is 17.7 Å². The highest BCUT2D eigenvalue weighted by atomic mass is 16.4. The van der Waals surface area contributed by atoms with Crippen molar-refractivity contribution in [2.24, 2.45) is 0 Å². The lowest BCUT2D eigenvalue weighted by atomic mass is 10.0. The first-order valence-electron chi connectivity index (χ1n) is 11.7. The minimum Gasteiger partial charge on any atom is -0.481 e. The number of anilines is 2. The minimum absolute atomic E-state index is 0.0703. The quantitative estimate of drug-likeness (QED) is 0.515. The van der Waals surface area contributed by atoms with Gasteiger partial charge in [-0.3, -0.25) is 9.48 Å². The molecule has 0 aliphatic carbocycles. The Balaban J connectivity index is 1.28. The number of rotatable bonds is 9. The molecule has 5 heterocycles. The summed E-state index contributed by atoms with van der Waals surface area (Å²) in [7, 11) is 0.